The second-order valence-corrected chi connectivity index (χ2v) is 9.10. The smallest absolute Gasteiger partial charge is 0.264 e. The Balaban J connectivity index is 1.60. The van der Waals surface area contributed by atoms with Gasteiger partial charge < -0.3 is 4.74 Å². The summed E-state index contributed by atoms with van der Waals surface area (Å²) in [5, 5.41) is 3.23. The van der Waals surface area contributed by atoms with Crippen LogP contribution in [0.15, 0.2) is 48.7 Å². The third-order valence-electron chi connectivity index (χ3n) is 4.42. The lowest BCUT2D eigenvalue weighted by Crippen LogP contribution is -2.22. The van der Waals surface area contributed by atoms with Gasteiger partial charge in [0.1, 0.15) is 11.6 Å². The Bertz CT molecular complexity index is 1010. The van der Waals surface area contributed by atoms with Crippen LogP contribution in [0.2, 0.25) is 0 Å². The molecule has 4 nitrogen and oxygen atoms in total. The van der Waals surface area contributed by atoms with E-state index in [0.29, 0.717) is 22.9 Å². The van der Waals surface area contributed by atoms with Crippen molar-refractivity contribution in [1.82, 2.24) is 4.98 Å². The molecule has 0 spiro atoms. The van der Waals surface area contributed by atoms with Crippen molar-refractivity contribution in [2.75, 3.05) is 11.9 Å². The number of aryl methyl sites for hydroxylation is 1. The number of rotatable bonds is 6. The van der Waals surface area contributed by atoms with E-state index in [1.54, 1.807) is 24.4 Å². The topological polar surface area (TPSA) is 51.2 Å². The molecule has 152 valence electrons. The minimum atomic E-state index is -0.280. The molecule has 1 amide bonds. The van der Waals surface area contributed by atoms with Gasteiger partial charge in [-0.3, -0.25) is 10.1 Å². The molecule has 0 fully saturated rings. The van der Waals surface area contributed by atoms with Gasteiger partial charge in [0.2, 0.25) is 0 Å². The largest absolute Gasteiger partial charge is 0.483 e. The molecule has 3 rings (SSSR count). The summed E-state index contributed by atoms with van der Waals surface area (Å²) in [6.07, 6.45) is 2.10. The van der Waals surface area contributed by atoms with E-state index >= 15 is 0 Å². The number of carbonyl (C=O) groups is 1. The summed E-state index contributed by atoms with van der Waals surface area (Å²) in [5.41, 5.74) is 2.73. The summed E-state index contributed by atoms with van der Waals surface area (Å²) in [7, 11) is 0. The minimum absolute atomic E-state index is 0.0885. The fourth-order valence-electron chi connectivity index (χ4n) is 2.93. The summed E-state index contributed by atoms with van der Waals surface area (Å²) < 4.78 is 19.6. The Kier molecular flexibility index (Phi) is 6.33. The van der Waals surface area contributed by atoms with Gasteiger partial charge in [0.05, 0.1) is 0 Å². The molecule has 2 aromatic carbocycles. The van der Waals surface area contributed by atoms with Crippen molar-refractivity contribution in [3.63, 3.8) is 0 Å². The highest BCUT2D eigenvalue weighted by Crippen LogP contribution is 2.32. The minimum Gasteiger partial charge on any atom is -0.483 e. The second-order valence-electron chi connectivity index (χ2n) is 7.99. The summed E-state index contributed by atoms with van der Waals surface area (Å²) in [6.45, 7) is 8.27. The third kappa shape index (κ3) is 5.64. The van der Waals surface area contributed by atoms with Gasteiger partial charge in [-0.05, 0) is 35.6 Å². The summed E-state index contributed by atoms with van der Waals surface area (Å²) in [6, 6.07) is 12.6. The number of ether oxygens (including phenoxy) is 1. The number of thiazole rings is 1. The summed E-state index contributed by atoms with van der Waals surface area (Å²) in [5.74, 6) is 0.183. The maximum Gasteiger partial charge on any atom is 0.264 e. The SMILES string of the molecule is Cc1ccc(OCC(=O)Nc2ncc(Cc3ccccc3F)s2)c(C(C)(C)C)c1. The molecular weight excluding hydrogens is 387 g/mol. The van der Waals surface area contributed by atoms with Gasteiger partial charge in [0.15, 0.2) is 11.7 Å². The molecule has 0 radical (unpaired) electrons. The van der Waals surface area contributed by atoms with Crippen LogP contribution in [0.3, 0.4) is 0 Å². The van der Waals surface area contributed by atoms with E-state index in [0.717, 1.165) is 16.0 Å². The van der Waals surface area contributed by atoms with Gasteiger partial charge in [0.25, 0.3) is 5.91 Å². The number of hydrogen-bond donors (Lipinski definition) is 1. The Morgan fingerprint density at radius 3 is 2.69 bits per heavy atom. The lowest BCUT2D eigenvalue weighted by atomic mass is 9.85. The molecule has 1 aromatic heterocycles. The average molecular weight is 413 g/mol. The highest BCUT2D eigenvalue weighted by molar-refractivity contribution is 7.15. The van der Waals surface area contributed by atoms with Crippen LogP contribution in [0.5, 0.6) is 5.75 Å². The molecule has 0 aliphatic heterocycles. The van der Waals surface area contributed by atoms with E-state index in [1.807, 2.05) is 19.1 Å². The molecule has 0 saturated heterocycles. The number of amides is 1. The number of nitrogens with one attached hydrogen (secondary N) is 1. The second kappa shape index (κ2) is 8.74. The molecule has 29 heavy (non-hydrogen) atoms. The van der Waals surface area contributed by atoms with Crippen LogP contribution in [0.25, 0.3) is 0 Å². The van der Waals surface area contributed by atoms with Crippen molar-refractivity contribution >= 4 is 22.4 Å². The van der Waals surface area contributed by atoms with Crippen LogP contribution < -0.4 is 10.1 Å². The fraction of sp³-hybridized carbons (Fsp3) is 0.304. The van der Waals surface area contributed by atoms with Crippen molar-refractivity contribution in [2.45, 2.75) is 39.5 Å². The maximum absolute atomic E-state index is 13.8. The summed E-state index contributed by atoms with van der Waals surface area (Å²) in [4.78, 5) is 17.4. The van der Waals surface area contributed by atoms with Crippen LogP contribution in [-0.2, 0) is 16.6 Å². The van der Waals surface area contributed by atoms with Crippen LogP contribution >= 0.6 is 11.3 Å². The van der Waals surface area contributed by atoms with Crippen molar-refractivity contribution < 1.29 is 13.9 Å². The lowest BCUT2D eigenvalue weighted by molar-refractivity contribution is -0.118. The summed E-state index contributed by atoms with van der Waals surface area (Å²) >= 11 is 1.33. The number of carbonyl (C=O) groups excluding carboxylic acids is 1. The molecule has 0 aliphatic rings. The van der Waals surface area contributed by atoms with Crippen molar-refractivity contribution in [3.05, 3.63) is 76.0 Å². The normalized spacial score (nSPS) is 11.3. The molecule has 0 unspecified atom stereocenters. The Morgan fingerprint density at radius 2 is 1.97 bits per heavy atom. The van der Waals surface area contributed by atoms with Crippen LogP contribution in [0, 0.1) is 12.7 Å². The van der Waals surface area contributed by atoms with Crippen molar-refractivity contribution in [2.24, 2.45) is 0 Å². The zero-order valence-corrected chi connectivity index (χ0v) is 17.9. The van der Waals surface area contributed by atoms with Crippen LogP contribution in [0.1, 0.15) is 42.3 Å². The first kappa shape index (κ1) is 21.0. The maximum atomic E-state index is 13.8. The molecule has 1 N–H and O–H groups in total. The number of aromatic nitrogens is 1. The average Bonchev–Trinajstić information content (AvgIpc) is 3.08. The molecule has 0 bridgehead atoms. The standard InChI is InChI=1S/C23H25FN2O2S/c1-15-9-10-20(18(11-15)23(2,3)4)28-14-21(27)26-22-25-13-17(29-22)12-16-7-5-6-8-19(16)24/h5-11,13H,12,14H2,1-4H3,(H,25,26,27). The Morgan fingerprint density at radius 1 is 1.21 bits per heavy atom. The molecule has 3 aromatic rings. The molecule has 6 heteroatoms. The monoisotopic (exact) mass is 412 g/mol. The third-order valence-corrected chi connectivity index (χ3v) is 5.34. The quantitative estimate of drug-likeness (QED) is 0.582. The number of hydrogen-bond acceptors (Lipinski definition) is 4. The van der Waals surface area contributed by atoms with Gasteiger partial charge in [-0.2, -0.15) is 0 Å². The zero-order valence-electron chi connectivity index (χ0n) is 17.1. The van der Waals surface area contributed by atoms with Gasteiger partial charge in [-0.15, -0.1) is 11.3 Å². The lowest BCUT2D eigenvalue weighted by Gasteiger charge is -2.23. The van der Waals surface area contributed by atoms with Crippen LogP contribution in [0.4, 0.5) is 9.52 Å². The van der Waals surface area contributed by atoms with Crippen molar-refractivity contribution in [1.29, 1.82) is 0 Å². The highest BCUT2D eigenvalue weighted by atomic mass is 32.1. The number of anilines is 1. The first-order valence-electron chi connectivity index (χ1n) is 9.44. The number of nitrogens with zero attached hydrogens (tertiary/aromatic N) is 1. The van der Waals surface area contributed by atoms with Gasteiger partial charge in [0, 0.05) is 17.5 Å². The molecule has 0 aliphatic carbocycles. The van der Waals surface area contributed by atoms with E-state index in [4.69, 9.17) is 4.74 Å². The van der Waals surface area contributed by atoms with Gasteiger partial charge in [-0.1, -0.05) is 56.7 Å². The fourth-order valence-corrected chi connectivity index (χ4v) is 3.78. The first-order chi connectivity index (χ1) is 13.7. The highest BCUT2D eigenvalue weighted by Gasteiger charge is 2.20. The Hall–Kier alpha value is -2.73. The molecular formula is C23H25FN2O2S. The van der Waals surface area contributed by atoms with Crippen LogP contribution in [-0.4, -0.2) is 17.5 Å². The predicted octanol–water partition coefficient (Wildman–Crippen LogP) is 5.50. The zero-order chi connectivity index (χ0) is 21.0. The van der Waals surface area contributed by atoms with E-state index in [2.05, 4.69) is 37.1 Å². The van der Waals surface area contributed by atoms with E-state index in [1.165, 1.54) is 17.4 Å². The first-order valence-corrected chi connectivity index (χ1v) is 10.3. The van der Waals surface area contributed by atoms with E-state index in [9.17, 15) is 9.18 Å². The number of halogens is 1. The molecule has 1 heterocycles. The molecule has 0 saturated carbocycles. The predicted molar refractivity (Wildman–Crippen MR) is 115 cm³/mol. The van der Waals surface area contributed by atoms with Gasteiger partial charge >= 0.3 is 0 Å². The number of benzene rings is 2. The van der Waals surface area contributed by atoms with Gasteiger partial charge in [-0.25, -0.2) is 9.37 Å². The molecule has 0 atom stereocenters. The van der Waals surface area contributed by atoms with E-state index < -0.39 is 0 Å². The Labute approximate surface area is 174 Å². The van der Waals surface area contributed by atoms with E-state index in [-0.39, 0.29) is 23.7 Å². The van der Waals surface area contributed by atoms with Crippen molar-refractivity contribution in [3.8, 4) is 5.75 Å².